The van der Waals surface area contributed by atoms with Gasteiger partial charge in [-0.3, -0.25) is 9.78 Å². The highest BCUT2D eigenvalue weighted by molar-refractivity contribution is 5.94. The van der Waals surface area contributed by atoms with Crippen molar-refractivity contribution in [1.29, 1.82) is 0 Å². The highest BCUT2D eigenvalue weighted by Gasteiger charge is 2.24. The van der Waals surface area contributed by atoms with Gasteiger partial charge >= 0.3 is 0 Å². The van der Waals surface area contributed by atoms with Gasteiger partial charge in [0.2, 0.25) is 5.95 Å². The Labute approximate surface area is 276 Å². The number of anilines is 1. The zero-order valence-electron chi connectivity index (χ0n) is 27.0. The van der Waals surface area contributed by atoms with Gasteiger partial charge in [-0.05, 0) is 78.5 Å². The number of fused-ring (bicyclic) bond motifs is 2. The average molecular weight is 623 g/mol. The Balaban J connectivity index is 1.01. The predicted molar refractivity (Wildman–Crippen MR) is 191 cm³/mol. The highest BCUT2D eigenvalue weighted by atomic mass is 16.2. The van der Waals surface area contributed by atoms with Gasteiger partial charge in [-0.2, -0.15) is 0 Å². The van der Waals surface area contributed by atoms with E-state index >= 15 is 0 Å². The minimum absolute atomic E-state index is 0.0670. The van der Waals surface area contributed by atoms with Crippen LogP contribution in [0.2, 0.25) is 0 Å². The fourth-order valence-corrected chi connectivity index (χ4v) is 6.86. The van der Waals surface area contributed by atoms with Gasteiger partial charge in [-0.25, -0.2) is 4.98 Å². The number of imidazole rings is 1. The van der Waals surface area contributed by atoms with Gasteiger partial charge in [-0.15, -0.1) is 0 Å². The molecule has 3 heterocycles. The number of likely N-dealkylation sites (tertiary alicyclic amines) is 1. The Morgan fingerprint density at radius 2 is 1.62 bits per heavy atom. The molecule has 1 amide bonds. The van der Waals surface area contributed by atoms with Crippen molar-refractivity contribution in [3.63, 3.8) is 0 Å². The largest absolute Gasteiger partial charge is 0.353 e. The van der Waals surface area contributed by atoms with E-state index in [0.717, 1.165) is 67.1 Å². The van der Waals surface area contributed by atoms with Crippen LogP contribution in [0, 0.1) is 0 Å². The van der Waals surface area contributed by atoms with Gasteiger partial charge in [0.15, 0.2) is 0 Å². The fraction of sp³-hybridized carbons (Fsp3) is 0.275. The molecule has 47 heavy (non-hydrogen) atoms. The Bertz CT molecular complexity index is 1930. The van der Waals surface area contributed by atoms with Crippen LogP contribution in [0.25, 0.3) is 21.8 Å². The van der Waals surface area contributed by atoms with Crippen molar-refractivity contribution in [2.45, 2.75) is 37.8 Å². The van der Waals surface area contributed by atoms with Crippen LogP contribution in [-0.4, -0.2) is 69.5 Å². The molecule has 2 aromatic heterocycles. The lowest BCUT2D eigenvalue weighted by molar-refractivity contribution is 0.0782. The van der Waals surface area contributed by atoms with Crippen LogP contribution in [0.3, 0.4) is 0 Å². The number of carbonyl (C=O) groups excluding carboxylic acids is 1. The van der Waals surface area contributed by atoms with E-state index in [2.05, 4.69) is 86.5 Å². The van der Waals surface area contributed by atoms with Gasteiger partial charge in [0.05, 0.1) is 23.3 Å². The lowest BCUT2D eigenvalue weighted by Crippen LogP contribution is -2.40. The summed E-state index contributed by atoms with van der Waals surface area (Å²) in [6.45, 7) is 4.41. The maximum atomic E-state index is 13.3. The van der Waals surface area contributed by atoms with Crippen LogP contribution in [0.4, 0.5) is 5.95 Å². The molecule has 7 nitrogen and oxygen atoms in total. The lowest BCUT2D eigenvalue weighted by atomic mass is 9.92. The zero-order valence-corrected chi connectivity index (χ0v) is 27.0. The smallest absolute Gasteiger partial charge is 0.253 e. The van der Waals surface area contributed by atoms with E-state index in [0.29, 0.717) is 19.1 Å². The molecule has 1 aliphatic heterocycles. The first-order valence-electron chi connectivity index (χ1n) is 16.7. The Morgan fingerprint density at radius 3 is 2.43 bits per heavy atom. The molecule has 0 spiro atoms. The first-order chi connectivity index (χ1) is 23.1. The quantitative estimate of drug-likeness (QED) is 0.163. The molecule has 0 bridgehead atoms. The molecule has 1 aliphatic rings. The van der Waals surface area contributed by atoms with Crippen LogP contribution < -0.4 is 5.32 Å². The number of piperidine rings is 1. The second-order valence-electron chi connectivity index (χ2n) is 12.7. The number of nitrogens with zero attached hydrogens (tertiary/aromatic N) is 5. The summed E-state index contributed by atoms with van der Waals surface area (Å²) < 4.78 is 2.26. The molecule has 4 aromatic carbocycles. The highest BCUT2D eigenvalue weighted by Crippen LogP contribution is 2.28. The third-order valence-corrected chi connectivity index (χ3v) is 9.52. The molecule has 7 heteroatoms. The van der Waals surface area contributed by atoms with Crippen molar-refractivity contribution < 1.29 is 4.79 Å². The Kier molecular flexibility index (Phi) is 9.24. The monoisotopic (exact) mass is 622 g/mol. The summed E-state index contributed by atoms with van der Waals surface area (Å²) in [6, 6.07) is 39.6. The third-order valence-electron chi connectivity index (χ3n) is 9.52. The third kappa shape index (κ3) is 7.21. The predicted octanol–water partition coefficient (Wildman–Crippen LogP) is 7.46. The van der Waals surface area contributed by atoms with E-state index in [1.165, 1.54) is 16.3 Å². The number of likely N-dealkylation sites (N-methyl/N-ethyl adjacent to an activating group) is 1. The second kappa shape index (κ2) is 14.2. The van der Waals surface area contributed by atoms with Crippen LogP contribution in [-0.2, 0) is 6.54 Å². The number of pyridine rings is 1. The average Bonchev–Trinajstić information content (AvgIpc) is 3.47. The van der Waals surface area contributed by atoms with Crippen LogP contribution in [0.1, 0.15) is 46.8 Å². The molecular formula is C40H42N6O. The van der Waals surface area contributed by atoms with E-state index in [1.54, 1.807) is 0 Å². The topological polar surface area (TPSA) is 66.3 Å². The molecule has 1 fully saturated rings. The van der Waals surface area contributed by atoms with Crippen molar-refractivity contribution in [3.8, 4) is 0 Å². The van der Waals surface area contributed by atoms with E-state index in [4.69, 9.17) is 4.98 Å². The van der Waals surface area contributed by atoms with Crippen molar-refractivity contribution in [2.24, 2.45) is 0 Å². The molecule has 1 N–H and O–H groups in total. The molecule has 6 aromatic rings. The molecule has 0 radical (unpaired) electrons. The summed E-state index contributed by atoms with van der Waals surface area (Å²) in [4.78, 5) is 27.3. The number of carbonyl (C=O) groups is 1. The van der Waals surface area contributed by atoms with Crippen LogP contribution >= 0.6 is 0 Å². The van der Waals surface area contributed by atoms with E-state index in [9.17, 15) is 4.79 Å². The van der Waals surface area contributed by atoms with Crippen LogP contribution in [0.15, 0.2) is 121 Å². The number of para-hydroxylation sites is 2. The standard InChI is InChI=1S/C40H42N6O/c1-44(39(47)31-12-3-2-4-13-31)28-34(33-19-18-30-11-5-6-14-32(30)27-33)20-24-45-25-21-35(22-26-45)42-40-43-37-16-7-8-17-38(37)46(40)29-36-15-9-10-23-41-36/h2-19,23,27,34-35H,20-22,24-26,28-29H2,1H3,(H,42,43). The van der Waals surface area contributed by atoms with Gasteiger partial charge in [0, 0.05) is 50.4 Å². The summed E-state index contributed by atoms with van der Waals surface area (Å²) in [5.41, 5.74) is 5.16. The van der Waals surface area contributed by atoms with Crippen molar-refractivity contribution in [1.82, 2.24) is 24.3 Å². The Hall–Kier alpha value is -5.01. The molecular weight excluding hydrogens is 580 g/mol. The van der Waals surface area contributed by atoms with E-state index < -0.39 is 0 Å². The lowest BCUT2D eigenvalue weighted by Gasteiger charge is -2.34. The van der Waals surface area contributed by atoms with Gasteiger partial charge in [0.25, 0.3) is 5.91 Å². The SMILES string of the molecule is CN(CC(CCN1CCC(Nc2nc3ccccc3n2Cc2ccccn2)CC1)c1ccc2ccccc2c1)C(=O)c1ccccc1. The van der Waals surface area contributed by atoms with E-state index in [-0.39, 0.29) is 11.8 Å². The van der Waals surface area contributed by atoms with Gasteiger partial charge in [0.1, 0.15) is 0 Å². The van der Waals surface area contributed by atoms with Gasteiger partial charge < -0.3 is 19.7 Å². The summed E-state index contributed by atoms with van der Waals surface area (Å²) in [6.07, 6.45) is 4.95. The maximum Gasteiger partial charge on any atom is 0.253 e. The van der Waals surface area contributed by atoms with Crippen molar-refractivity contribution in [2.75, 3.05) is 38.5 Å². The summed E-state index contributed by atoms with van der Waals surface area (Å²) in [5.74, 6) is 1.22. The van der Waals surface area contributed by atoms with Crippen LogP contribution in [0.5, 0.6) is 0 Å². The molecule has 0 saturated carbocycles. The molecule has 238 valence electrons. The summed E-state index contributed by atoms with van der Waals surface area (Å²) in [5, 5.41) is 6.28. The number of rotatable bonds is 11. The van der Waals surface area contributed by atoms with Crippen molar-refractivity contribution in [3.05, 3.63) is 138 Å². The minimum Gasteiger partial charge on any atom is -0.353 e. The first-order valence-corrected chi connectivity index (χ1v) is 16.7. The number of nitrogens with one attached hydrogen (secondary N) is 1. The van der Waals surface area contributed by atoms with Crippen molar-refractivity contribution >= 4 is 33.7 Å². The molecule has 1 unspecified atom stereocenters. The summed E-state index contributed by atoms with van der Waals surface area (Å²) in [7, 11) is 1.93. The molecule has 7 rings (SSSR count). The van der Waals surface area contributed by atoms with E-state index in [1.807, 2.05) is 66.7 Å². The number of hydrogen-bond donors (Lipinski definition) is 1. The molecule has 1 atom stereocenters. The normalized spacial score (nSPS) is 14.7. The minimum atomic E-state index is 0.0670. The number of hydrogen-bond acceptors (Lipinski definition) is 5. The number of amides is 1. The molecule has 1 saturated heterocycles. The Morgan fingerprint density at radius 1 is 0.872 bits per heavy atom. The fourth-order valence-electron chi connectivity index (χ4n) is 6.86. The van der Waals surface area contributed by atoms with Gasteiger partial charge in [-0.1, -0.05) is 78.9 Å². The zero-order chi connectivity index (χ0) is 32.0. The second-order valence-corrected chi connectivity index (χ2v) is 12.7. The first kappa shape index (κ1) is 30.6. The number of benzene rings is 4. The molecule has 0 aliphatic carbocycles. The maximum absolute atomic E-state index is 13.3. The number of aromatic nitrogens is 3. The summed E-state index contributed by atoms with van der Waals surface area (Å²) >= 11 is 0.